The van der Waals surface area contributed by atoms with Crippen molar-refractivity contribution in [2.75, 3.05) is 18.0 Å². The molecule has 1 aliphatic carbocycles. The summed E-state index contributed by atoms with van der Waals surface area (Å²) in [4.78, 5) is 23.6. The number of hydrogen-bond acceptors (Lipinski definition) is 5. The highest BCUT2D eigenvalue weighted by Crippen LogP contribution is 2.30. The third-order valence-corrected chi connectivity index (χ3v) is 5.37. The van der Waals surface area contributed by atoms with Crippen LogP contribution in [0.3, 0.4) is 0 Å². The summed E-state index contributed by atoms with van der Waals surface area (Å²) in [6.07, 6.45) is 5.58. The van der Waals surface area contributed by atoms with E-state index in [-0.39, 0.29) is 11.9 Å². The van der Waals surface area contributed by atoms with Crippen molar-refractivity contribution >= 4 is 11.9 Å². The van der Waals surface area contributed by atoms with Crippen LogP contribution in [-0.2, 0) is 4.79 Å². The Morgan fingerprint density at radius 3 is 2.73 bits per heavy atom. The fourth-order valence-electron chi connectivity index (χ4n) is 3.84. The molecule has 1 aromatic carbocycles. The Morgan fingerprint density at radius 1 is 1.19 bits per heavy atom. The van der Waals surface area contributed by atoms with E-state index in [0.717, 1.165) is 37.1 Å². The zero-order chi connectivity index (χ0) is 18.0. The van der Waals surface area contributed by atoms with Gasteiger partial charge in [0.2, 0.25) is 5.95 Å². The third kappa shape index (κ3) is 3.42. The average molecular weight is 352 g/mol. The van der Waals surface area contributed by atoms with Gasteiger partial charge >= 0.3 is 0 Å². The van der Waals surface area contributed by atoms with Crippen molar-refractivity contribution in [3.8, 4) is 11.3 Å². The Labute approximate surface area is 153 Å². The van der Waals surface area contributed by atoms with E-state index in [1.807, 2.05) is 36.4 Å². The van der Waals surface area contributed by atoms with E-state index in [2.05, 4.69) is 20.2 Å². The van der Waals surface area contributed by atoms with Gasteiger partial charge in [0.25, 0.3) is 5.91 Å². The first-order chi connectivity index (χ1) is 12.6. The van der Waals surface area contributed by atoms with Gasteiger partial charge in [-0.3, -0.25) is 4.79 Å². The second-order valence-electron chi connectivity index (χ2n) is 7.25. The maximum Gasteiger partial charge on any atom is 0.252 e. The first-order valence-electron chi connectivity index (χ1n) is 9.31. The van der Waals surface area contributed by atoms with Gasteiger partial charge in [0, 0.05) is 30.9 Å². The first kappa shape index (κ1) is 17.0. The number of nitrogens with one attached hydrogen (secondary N) is 1. The molecule has 2 heterocycles. The molecule has 6 nitrogen and oxygen atoms in total. The van der Waals surface area contributed by atoms with Crippen LogP contribution in [0.2, 0.25) is 0 Å². The van der Waals surface area contributed by atoms with Gasteiger partial charge in [-0.15, -0.1) is 0 Å². The minimum Gasteiger partial charge on any atom is -0.380 e. The van der Waals surface area contributed by atoms with Crippen LogP contribution in [-0.4, -0.2) is 45.7 Å². The molecule has 26 heavy (non-hydrogen) atoms. The highest BCUT2D eigenvalue weighted by Gasteiger charge is 2.40. The summed E-state index contributed by atoms with van der Waals surface area (Å²) >= 11 is 0. The van der Waals surface area contributed by atoms with Crippen LogP contribution in [0.5, 0.6) is 0 Å². The van der Waals surface area contributed by atoms with Crippen LogP contribution < -0.4 is 10.2 Å². The van der Waals surface area contributed by atoms with Gasteiger partial charge < -0.3 is 15.3 Å². The summed E-state index contributed by atoms with van der Waals surface area (Å²) in [6.45, 7) is 1.46. The molecule has 1 saturated heterocycles. The molecule has 0 radical (unpaired) electrons. The second-order valence-corrected chi connectivity index (χ2v) is 7.25. The summed E-state index contributed by atoms with van der Waals surface area (Å²) in [7, 11) is 0. The van der Waals surface area contributed by atoms with E-state index in [1.165, 1.54) is 0 Å². The van der Waals surface area contributed by atoms with E-state index in [1.54, 1.807) is 6.20 Å². The van der Waals surface area contributed by atoms with E-state index < -0.39 is 5.60 Å². The monoisotopic (exact) mass is 352 g/mol. The maximum atomic E-state index is 12.4. The van der Waals surface area contributed by atoms with E-state index in [0.29, 0.717) is 25.3 Å². The predicted molar refractivity (Wildman–Crippen MR) is 99.6 cm³/mol. The van der Waals surface area contributed by atoms with Gasteiger partial charge in [0.05, 0.1) is 5.69 Å². The minimum atomic E-state index is -1.17. The van der Waals surface area contributed by atoms with Crippen LogP contribution in [0.15, 0.2) is 42.6 Å². The molecule has 2 fully saturated rings. The number of rotatable bonds is 4. The quantitative estimate of drug-likeness (QED) is 0.881. The van der Waals surface area contributed by atoms with Crippen molar-refractivity contribution in [3.05, 3.63) is 42.6 Å². The molecule has 0 spiro atoms. The largest absolute Gasteiger partial charge is 0.380 e. The molecule has 1 unspecified atom stereocenters. The van der Waals surface area contributed by atoms with Crippen molar-refractivity contribution in [3.63, 3.8) is 0 Å². The molecule has 0 bridgehead atoms. The number of amides is 1. The molecular weight excluding hydrogens is 328 g/mol. The first-order valence-corrected chi connectivity index (χ1v) is 9.31. The maximum absolute atomic E-state index is 12.4. The highest BCUT2D eigenvalue weighted by atomic mass is 16.3. The van der Waals surface area contributed by atoms with Crippen molar-refractivity contribution in [2.45, 2.75) is 43.7 Å². The zero-order valence-electron chi connectivity index (χ0n) is 14.8. The summed E-state index contributed by atoms with van der Waals surface area (Å²) in [6, 6.07) is 12.0. The summed E-state index contributed by atoms with van der Waals surface area (Å²) in [5.41, 5.74) is 0.781. The number of carbonyl (C=O) groups excluding carboxylic acids is 1. The minimum absolute atomic E-state index is 0.0242. The average Bonchev–Trinajstić information content (AvgIpc) is 3.33. The number of aromatic nitrogens is 2. The SMILES string of the molecule is O=C(NC1CCN(c2nccc(-c3ccccc3)n2)C1)C1(O)CCCC1. The van der Waals surface area contributed by atoms with Crippen LogP contribution in [0, 0.1) is 0 Å². The van der Waals surface area contributed by atoms with Gasteiger partial charge in [-0.1, -0.05) is 30.3 Å². The van der Waals surface area contributed by atoms with Gasteiger partial charge in [-0.2, -0.15) is 0 Å². The van der Waals surface area contributed by atoms with Crippen LogP contribution in [0.1, 0.15) is 32.1 Å². The third-order valence-electron chi connectivity index (χ3n) is 5.37. The predicted octanol–water partition coefficient (Wildman–Crippen LogP) is 2.14. The fraction of sp³-hybridized carbons (Fsp3) is 0.450. The lowest BCUT2D eigenvalue weighted by Crippen LogP contribution is -2.49. The van der Waals surface area contributed by atoms with Crippen LogP contribution in [0.25, 0.3) is 11.3 Å². The molecule has 136 valence electrons. The van der Waals surface area contributed by atoms with Gasteiger partial charge in [-0.05, 0) is 38.2 Å². The van der Waals surface area contributed by atoms with E-state index in [4.69, 9.17) is 0 Å². The second kappa shape index (κ2) is 7.03. The topological polar surface area (TPSA) is 78.4 Å². The number of aliphatic hydroxyl groups is 1. The summed E-state index contributed by atoms with van der Waals surface area (Å²) in [5, 5.41) is 13.4. The van der Waals surface area contributed by atoms with Crippen molar-refractivity contribution in [1.82, 2.24) is 15.3 Å². The lowest BCUT2D eigenvalue weighted by molar-refractivity contribution is -0.139. The van der Waals surface area contributed by atoms with E-state index in [9.17, 15) is 9.90 Å². The molecular formula is C20H24N4O2. The summed E-state index contributed by atoms with van der Waals surface area (Å²) < 4.78 is 0. The Kier molecular flexibility index (Phi) is 4.59. The van der Waals surface area contributed by atoms with Gasteiger partial charge in [0.1, 0.15) is 5.60 Å². The van der Waals surface area contributed by atoms with Gasteiger partial charge in [-0.25, -0.2) is 9.97 Å². The number of benzene rings is 1. The van der Waals surface area contributed by atoms with Crippen molar-refractivity contribution < 1.29 is 9.90 Å². The molecule has 1 amide bonds. The Morgan fingerprint density at radius 2 is 1.96 bits per heavy atom. The highest BCUT2D eigenvalue weighted by molar-refractivity contribution is 5.85. The molecule has 1 aromatic heterocycles. The van der Waals surface area contributed by atoms with Crippen LogP contribution >= 0.6 is 0 Å². The lowest BCUT2D eigenvalue weighted by atomic mass is 10.0. The lowest BCUT2D eigenvalue weighted by Gasteiger charge is -2.24. The Hall–Kier alpha value is -2.47. The smallest absolute Gasteiger partial charge is 0.252 e. The molecule has 1 atom stereocenters. The van der Waals surface area contributed by atoms with E-state index >= 15 is 0 Å². The van der Waals surface area contributed by atoms with Crippen molar-refractivity contribution in [2.24, 2.45) is 0 Å². The number of hydrogen-bond donors (Lipinski definition) is 2. The zero-order valence-corrected chi connectivity index (χ0v) is 14.8. The number of carbonyl (C=O) groups is 1. The molecule has 4 rings (SSSR count). The normalized spacial score (nSPS) is 21.7. The molecule has 2 N–H and O–H groups in total. The molecule has 2 aliphatic rings. The van der Waals surface area contributed by atoms with Gasteiger partial charge in [0.15, 0.2) is 0 Å². The molecule has 1 aliphatic heterocycles. The molecule has 1 saturated carbocycles. The number of nitrogens with zero attached hydrogens (tertiary/aromatic N) is 3. The Bertz CT molecular complexity index is 774. The fourth-order valence-corrected chi connectivity index (χ4v) is 3.84. The molecule has 6 heteroatoms. The van der Waals surface area contributed by atoms with Crippen molar-refractivity contribution in [1.29, 1.82) is 0 Å². The standard InChI is InChI=1S/C20H24N4O2/c25-18(20(26)10-4-5-11-20)22-16-9-13-24(14-16)19-21-12-8-17(23-19)15-6-2-1-3-7-15/h1-3,6-8,12,16,26H,4-5,9-11,13-14H2,(H,22,25). The summed E-state index contributed by atoms with van der Waals surface area (Å²) in [5.74, 6) is 0.462. The Balaban J connectivity index is 1.42. The molecule has 2 aromatic rings. The van der Waals surface area contributed by atoms with Crippen LogP contribution in [0.4, 0.5) is 5.95 Å². The number of anilines is 1.